The molecule has 3 rings (SSSR count). The van der Waals surface area contributed by atoms with Gasteiger partial charge in [0.15, 0.2) is 0 Å². The molecule has 3 heteroatoms. The second-order valence-corrected chi connectivity index (χ2v) is 6.90. The smallest absolute Gasteiger partial charge is 0.251 e. The van der Waals surface area contributed by atoms with Crippen LogP contribution in [0.5, 0.6) is 0 Å². The number of fused-ring (bicyclic) bond motifs is 1. The van der Waals surface area contributed by atoms with Gasteiger partial charge < -0.3 is 5.32 Å². The Morgan fingerprint density at radius 1 is 1.10 bits per heavy atom. The third-order valence-corrected chi connectivity index (χ3v) is 5.53. The van der Waals surface area contributed by atoms with Crippen molar-refractivity contribution in [2.75, 3.05) is 6.54 Å². The van der Waals surface area contributed by atoms with Gasteiger partial charge in [-0.2, -0.15) is 0 Å². The molecule has 1 heterocycles. The highest BCUT2D eigenvalue weighted by molar-refractivity contribution is 6.21. The molecule has 1 N–H and O–H groups in total. The highest BCUT2D eigenvalue weighted by Gasteiger charge is 2.24. The Labute approximate surface area is 132 Å². The lowest BCUT2D eigenvalue weighted by Crippen LogP contribution is -2.22. The lowest BCUT2D eigenvalue weighted by Gasteiger charge is -2.21. The molecular weight excluding hydrogens is 282 g/mol. The Balaban J connectivity index is 1.83. The molecular formula is C18H24ClNO. The van der Waals surface area contributed by atoms with Gasteiger partial charge in [0, 0.05) is 12.1 Å². The summed E-state index contributed by atoms with van der Waals surface area (Å²) >= 11 is 6.76. The van der Waals surface area contributed by atoms with Crippen molar-refractivity contribution in [3.63, 3.8) is 0 Å². The van der Waals surface area contributed by atoms with Gasteiger partial charge in [-0.05, 0) is 48.8 Å². The van der Waals surface area contributed by atoms with Crippen molar-refractivity contribution >= 4 is 17.5 Å². The fourth-order valence-corrected chi connectivity index (χ4v) is 4.03. The average molecular weight is 306 g/mol. The molecule has 1 amide bonds. The summed E-state index contributed by atoms with van der Waals surface area (Å²) in [5.74, 6) is 0.620. The molecule has 1 aliphatic heterocycles. The fraction of sp³-hybridized carbons (Fsp3) is 0.611. The topological polar surface area (TPSA) is 29.1 Å². The first kappa shape index (κ1) is 14.9. The number of aryl methyl sites for hydroxylation is 1. The molecule has 0 saturated heterocycles. The predicted octanol–water partition coefficient (Wildman–Crippen LogP) is 4.61. The quantitative estimate of drug-likeness (QED) is 0.627. The molecule has 1 unspecified atom stereocenters. The van der Waals surface area contributed by atoms with Crippen LogP contribution in [0.2, 0.25) is 0 Å². The van der Waals surface area contributed by atoms with Crippen molar-refractivity contribution in [2.45, 2.75) is 56.7 Å². The van der Waals surface area contributed by atoms with Crippen molar-refractivity contribution < 1.29 is 4.79 Å². The Bertz CT molecular complexity index is 506. The largest absolute Gasteiger partial charge is 0.352 e. The summed E-state index contributed by atoms with van der Waals surface area (Å²) in [7, 11) is 0. The molecule has 1 aromatic rings. The normalized spacial score (nSPS) is 21.9. The van der Waals surface area contributed by atoms with Gasteiger partial charge in [-0.15, -0.1) is 11.6 Å². The van der Waals surface area contributed by atoms with Crippen LogP contribution in [0.1, 0.15) is 71.8 Å². The van der Waals surface area contributed by atoms with Gasteiger partial charge in [-0.3, -0.25) is 4.79 Å². The van der Waals surface area contributed by atoms with Crippen molar-refractivity contribution in [2.24, 2.45) is 5.92 Å². The maximum atomic E-state index is 12.2. The Morgan fingerprint density at radius 3 is 2.62 bits per heavy atom. The first-order valence-corrected chi connectivity index (χ1v) is 8.74. The van der Waals surface area contributed by atoms with Crippen molar-refractivity contribution in [1.29, 1.82) is 0 Å². The molecule has 2 aliphatic rings. The molecule has 21 heavy (non-hydrogen) atoms. The molecule has 1 saturated carbocycles. The molecule has 0 aromatic heterocycles. The van der Waals surface area contributed by atoms with E-state index in [1.807, 2.05) is 6.07 Å². The molecule has 0 spiro atoms. The number of carbonyl (C=O) groups is 1. The number of carbonyl (C=O) groups excluding carboxylic acids is 1. The first-order chi connectivity index (χ1) is 10.3. The molecule has 1 fully saturated rings. The van der Waals surface area contributed by atoms with Crippen LogP contribution in [0.4, 0.5) is 0 Å². The molecule has 1 atom stereocenters. The lowest BCUT2D eigenvalue weighted by atomic mass is 9.90. The standard InChI is InChI=1S/C18H24ClNO/c19-17(14-6-3-1-2-4-7-14)15-10-9-13-8-5-11-20-18(21)16(13)12-15/h9-10,12,14,17H,1-8,11H2,(H,20,21). The van der Waals surface area contributed by atoms with Crippen molar-refractivity contribution in [3.05, 3.63) is 34.9 Å². The minimum atomic E-state index is 0.0458. The van der Waals surface area contributed by atoms with Crippen LogP contribution in [-0.2, 0) is 6.42 Å². The third-order valence-electron chi connectivity index (χ3n) is 4.92. The van der Waals surface area contributed by atoms with E-state index in [1.165, 1.54) is 44.1 Å². The van der Waals surface area contributed by atoms with Crippen LogP contribution in [-0.4, -0.2) is 12.5 Å². The van der Waals surface area contributed by atoms with Crippen LogP contribution in [0.3, 0.4) is 0 Å². The van der Waals surface area contributed by atoms with Gasteiger partial charge in [-0.25, -0.2) is 0 Å². The Hall–Kier alpha value is -1.02. The molecule has 0 radical (unpaired) electrons. The van der Waals surface area contributed by atoms with Gasteiger partial charge in [0.25, 0.3) is 5.91 Å². The zero-order valence-corrected chi connectivity index (χ0v) is 13.3. The molecule has 114 valence electrons. The minimum absolute atomic E-state index is 0.0458. The molecule has 2 nitrogen and oxygen atoms in total. The predicted molar refractivity (Wildman–Crippen MR) is 86.9 cm³/mol. The zero-order chi connectivity index (χ0) is 14.7. The fourth-order valence-electron chi connectivity index (χ4n) is 3.65. The van der Waals surface area contributed by atoms with E-state index in [1.54, 1.807) is 0 Å². The summed E-state index contributed by atoms with van der Waals surface area (Å²) in [6.45, 7) is 0.774. The maximum absolute atomic E-state index is 12.2. The average Bonchev–Trinajstić information content (AvgIpc) is 2.88. The second-order valence-electron chi connectivity index (χ2n) is 6.43. The number of nitrogens with one attached hydrogen (secondary N) is 1. The molecule has 1 aliphatic carbocycles. The number of alkyl halides is 1. The number of rotatable bonds is 2. The van der Waals surface area contributed by atoms with E-state index in [9.17, 15) is 4.79 Å². The Kier molecular flexibility index (Phi) is 4.84. The van der Waals surface area contributed by atoms with Gasteiger partial charge in [0.05, 0.1) is 5.38 Å². The van der Waals surface area contributed by atoms with Crippen molar-refractivity contribution in [1.82, 2.24) is 5.32 Å². The summed E-state index contributed by atoms with van der Waals surface area (Å²) in [6.07, 6.45) is 9.70. The first-order valence-electron chi connectivity index (χ1n) is 8.31. The van der Waals surface area contributed by atoms with Crippen molar-refractivity contribution in [3.8, 4) is 0 Å². The van der Waals surface area contributed by atoms with E-state index in [0.717, 1.165) is 30.5 Å². The molecule has 0 bridgehead atoms. The number of amides is 1. The van der Waals surface area contributed by atoms with E-state index < -0.39 is 0 Å². The summed E-state index contributed by atoms with van der Waals surface area (Å²) in [5, 5.41) is 3.02. The van der Waals surface area contributed by atoms with Crippen LogP contribution >= 0.6 is 11.6 Å². The maximum Gasteiger partial charge on any atom is 0.251 e. The lowest BCUT2D eigenvalue weighted by molar-refractivity contribution is 0.0956. The summed E-state index contributed by atoms with van der Waals surface area (Å²) in [5.41, 5.74) is 3.13. The second kappa shape index (κ2) is 6.83. The summed E-state index contributed by atoms with van der Waals surface area (Å²) in [6, 6.07) is 6.29. The van der Waals surface area contributed by atoms with E-state index in [4.69, 9.17) is 11.6 Å². The summed E-state index contributed by atoms with van der Waals surface area (Å²) in [4.78, 5) is 12.2. The molecule has 1 aromatic carbocycles. The van der Waals surface area contributed by atoms with E-state index in [-0.39, 0.29) is 11.3 Å². The van der Waals surface area contributed by atoms with Gasteiger partial charge >= 0.3 is 0 Å². The van der Waals surface area contributed by atoms with Gasteiger partial charge in [0.1, 0.15) is 0 Å². The number of benzene rings is 1. The number of halogens is 1. The van der Waals surface area contributed by atoms with Crippen LogP contribution in [0.25, 0.3) is 0 Å². The number of hydrogen-bond donors (Lipinski definition) is 1. The van der Waals surface area contributed by atoms with Crippen LogP contribution in [0.15, 0.2) is 18.2 Å². The monoisotopic (exact) mass is 305 g/mol. The van der Waals surface area contributed by atoms with Crippen LogP contribution in [0, 0.1) is 5.92 Å². The highest BCUT2D eigenvalue weighted by Crippen LogP contribution is 2.38. The highest BCUT2D eigenvalue weighted by atomic mass is 35.5. The van der Waals surface area contributed by atoms with E-state index in [0.29, 0.717) is 5.92 Å². The van der Waals surface area contributed by atoms with E-state index in [2.05, 4.69) is 17.4 Å². The Morgan fingerprint density at radius 2 is 1.86 bits per heavy atom. The van der Waals surface area contributed by atoms with Gasteiger partial charge in [0.2, 0.25) is 0 Å². The number of hydrogen-bond acceptors (Lipinski definition) is 1. The SMILES string of the molecule is O=C1NCCCc2ccc(C(Cl)C3CCCCCC3)cc21. The minimum Gasteiger partial charge on any atom is -0.352 e. The van der Waals surface area contributed by atoms with Crippen LogP contribution < -0.4 is 5.32 Å². The zero-order valence-electron chi connectivity index (χ0n) is 12.5. The third kappa shape index (κ3) is 3.42. The van der Waals surface area contributed by atoms with E-state index >= 15 is 0 Å². The van der Waals surface area contributed by atoms with Gasteiger partial charge in [-0.1, -0.05) is 37.8 Å². The summed E-state index contributed by atoms with van der Waals surface area (Å²) < 4.78 is 0.